The van der Waals surface area contributed by atoms with Crippen molar-refractivity contribution >= 4 is 18.1 Å². The fourth-order valence-corrected chi connectivity index (χ4v) is 3.92. The molecule has 1 aromatic carbocycles. The van der Waals surface area contributed by atoms with E-state index in [2.05, 4.69) is 38.7 Å². The van der Waals surface area contributed by atoms with Crippen LogP contribution in [0.15, 0.2) is 30.3 Å². The molecule has 28 heavy (non-hydrogen) atoms. The van der Waals surface area contributed by atoms with E-state index in [0.717, 1.165) is 61.7 Å². The molecule has 2 aliphatic rings. The van der Waals surface area contributed by atoms with E-state index >= 15 is 0 Å². The second kappa shape index (κ2) is 8.55. The van der Waals surface area contributed by atoms with Crippen LogP contribution in [0.3, 0.4) is 0 Å². The van der Waals surface area contributed by atoms with E-state index in [1.165, 1.54) is 0 Å². The van der Waals surface area contributed by atoms with Crippen LogP contribution in [0.2, 0.25) is 0 Å². The first kappa shape index (κ1) is 19.3. The monoisotopic (exact) mass is 400 g/mol. The highest BCUT2D eigenvalue weighted by molar-refractivity contribution is 7.71. The van der Waals surface area contributed by atoms with Gasteiger partial charge in [0.1, 0.15) is 0 Å². The number of benzene rings is 1. The van der Waals surface area contributed by atoms with E-state index in [1.54, 1.807) is 0 Å². The summed E-state index contributed by atoms with van der Waals surface area (Å²) in [6, 6.07) is 10.6. The average molecular weight is 401 g/mol. The van der Waals surface area contributed by atoms with E-state index in [1.807, 2.05) is 22.9 Å². The molecule has 0 bridgehead atoms. The summed E-state index contributed by atoms with van der Waals surface area (Å²) in [4.78, 5) is 16.6. The van der Waals surface area contributed by atoms with Gasteiger partial charge >= 0.3 is 0 Å². The van der Waals surface area contributed by atoms with Crippen LogP contribution < -0.4 is 5.32 Å². The molecule has 1 N–H and O–H groups in total. The van der Waals surface area contributed by atoms with Gasteiger partial charge < -0.3 is 9.88 Å². The number of nitrogens with zero attached hydrogens (tertiary/aromatic N) is 5. The number of hydrogen-bond donors (Lipinski definition) is 1. The van der Waals surface area contributed by atoms with Gasteiger partial charge in [-0.25, -0.2) is 4.68 Å². The van der Waals surface area contributed by atoms with Gasteiger partial charge in [-0.3, -0.25) is 14.6 Å². The molecule has 150 valence electrons. The van der Waals surface area contributed by atoms with Crippen molar-refractivity contribution in [1.82, 2.24) is 29.5 Å². The molecule has 1 saturated heterocycles. The summed E-state index contributed by atoms with van der Waals surface area (Å²) in [7, 11) is 0. The number of hydrogen-bond acceptors (Lipinski definition) is 5. The third-order valence-electron chi connectivity index (χ3n) is 5.38. The smallest absolute Gasteiger partial charge is 0.234 e. The second-order valence-electron chi connectivity index (χ2n) is 7.59. The van der Waals surface area contributed by atoms with Crippen molar-refractivity contribution in [2.45, 2.75) is 39.0 Å². The Labute approximate surface area is 170 Å². The predicted octanol–water partition coefficient (Wildman–Crippen LogP) is 1.95. The van der Waals surface area contributed by atoms with Crippen molar-refractivity contribution in [3.05, 3.63) is 35.1 Å². The highest BCUT2D eigenvalue weighted by Crippen LogP contribution is 2.19. The van der Waals surface area contributed by atoms with Crippen molar-refractivity contribution in [2.24, 2.45) is 0 Å². The number of nitrogens with one attached hydrogen (secondary N) is 1. The first-order valence-electron chi connectivity index (χ1n) is 10.1. The number of aromatic nitrogens is 3. The minimum Gasteiger partial charge on any atom is -0.352 e. The van der Waals surface area contributed by atoms with Gasteiger partial charge in [-0.15, -0.1) is 0 Å². The Balaban J connectivity index is 1.36. The van der Waals surface area contributed by atoms with Gasteiger partial charge in [-0.1, -0.05) is 30.3 Å². The molecule has 0 atom stereocenters. The third kappa shape index (κ3) is 4.51. The van der Waals surface area contributed by atoms with E-state index in [9.17, 15) is 4.79 Å². The summed E-state index contributed by atoms with van der Waals surface area (Å²) in [5, 5.41) is 7.87. The molecule has 8 heteroatoms. The highest BCUT2D eigenvalue weighted by atomic mass is 32.1. The molecule has 4 rings (SSSR count). The normalized spacial score (nSPS) is 18.3. The van der Waals surface area contributed by atoms with Crippen LogP contribution in [-0.2, 0) is 18.0 Å². The number of carbonyl (C=O) groups is 1. The lowest BCUT2D eigenvalue weighted by Crippen LogP contribution is -2.49. The standard InChI is InChI=1S/C20H28N6OS/c1-2-25-19(16-6-4-3-5-7-16)22-26(20(25)28)15-24-12-10-23(11-13-24)14-18(27)21-17-8-9-17/h3-7,17H,2,8-15H2,1H3,(H,21,27). The Morgan fingerprint density at radius 3 is 2.46 bits per heavy atom. The molecule has 0 radical (unpaired) electrons. The van der Waals surface area contributed by atoms with E-state index in [0.29, 0.717) is 19.3 Å². The molecule has 0 unspecified atom stereocenters. The highest BCUT2D eigenvalue weighted by Gasteiger charge is 2.25. The quantitative estimate of drug-likeness (QED) is 0.720. The fraction of sp³-hybridized carbons (Fsp3) is 0.550. The van der Waals surface area contributed by atoms with Gasteiger partial charge in [-0.2, -0.15) is 5.10 Å². The Morgan fingerprint density at radius 2 is 1.82 bits per heavy atom. The topological polar surface area (TPSA) is 58.3 Å². The fourth-order valence-electron chi connectivity index (χ4n) is 3.60. The summed E-state index contributed by atoms with van der Waals surface area (Å²) in [6.07, 6.45) is 2.27. The van der Waals surface area contributed by atoms with Crippen molar-refractivity contribution in [3.8, 4) is 11.4 Å². The SMILES string of the molecule is CCn1c(-c2ccccc2)nn(CN2CCN(CC(=O)NC3CC3)CC2)c1=S. The minimum absolute atomic E-state index is 0.160. The Bertz CT molecular complexity index is 865. The van der Waals surface area contributed by atoms with Gasteiger partial charge in [-0.05, 0) is 32.0 Å². The minimum atomic E-state index is 0.160. The van der Waals surface area contributed by atoms with Crippen molar-refractivity contribution in [2.75, 3.05) is 32.7 Å². The summed E-state index contributed by atoms with van der Waals surface area (Å²) in [6.45, 7) is 7.71. The maximum absolute atomic E-state index is 12.0. The molecule has 2 fully saturated rings. The predicted molar refractivity (Wildman–Crippen MR) is 111 cm³/mol. The summed E-state index contributed by atoms with van der Waals surface area (Å²) >= 11 is 5.68. The Hall–Kier alpha value is -2.03. The van der Waals surface area contributed by atoms with E-state index in [-0.39, 0.29) is 5.91 Å². The number of rotatable bonds is 7. The maximum atomic E-state index is 12.0. The molecule has 2 heterocycles. The maximum Gasteiger partial charge on any atom is 0.234 e. The zero-order chi connectivity index (χ0) is 19.5. The van der Waals surface area contributed by atoms with Gasteiger partial charge in [0.25, 0.3) is 0 Å². The van der Waals surface area contributed by atoms with Crippen molar-refractivity contribution in [3.63, 3.8) is 0 Å². The molecule has 1 saturated carbocycles. The lowest BCUT2D eigenvalue weighted by Gasteiger charge is -2.33. The van der Waals surface area contributed by atoms with Crippen LogP contribution in [0.1, 0.15) is 19.8 Å². The molecule has 7 nitrogen and oxygen atoms in total. The number of amides is 1. The van der Waals surface area contributed by atoms with E-state index in [4.69, 9.17) is 17.3 Å². The van der Waals surface area contributed by atoms with Gasteiger partial charge in [0.2, 0.25) is 5.91 Å². The lowest BCUT2D eigenvalue weighted by molar-refractivity contribution is -0.122. The first-order chi connectivity index (χ1) is 13.6. The van der Waals surface area contributed by atoms with E-state index < -0.39 is 0 Å². The average Bonchev–Trinajstić information content (AvgIpc) is 3.46. The molecular formula is C20H28N6OS. The van der Waals surface area contributed by atoms with Crippen LogP contribution in [0.5, 0.6) is 0 Å². The molecule has 1 aliphatic heterocycles. The van der Waals surface area contributed by atoms with Crippen LogP contribution in [-0.4, -0.2) is 68.8 Å². The summed E-state index contributed by atoms with van der Waals surface area (Å²) in [5.41, 5.74) is 1.08. The molecule has 0 spiro atoms. The lowest BCUT2D eigenvalue weighted by atomic mass is 10.2. The van der Waals surface area contributed by atoms with Gasteiger partial charge in [0.15, 0.2) is 10.6 Å². The number of piperazine rings is 1. The second-order valence-corrected chi connectivity index (χ2v) is 7.96. The van der Waals surface area contributed by atoms with Crippen molar-refractivity contribution < 1.29 is 4.79 Å². The van der Waals surface area contributed by atoms with Crippen LogP contribution in [0, 0.1) is 4.77 Å². The van der Waals surface area contributed by atoms with Crippen LogP contribution in [0.25, 0.3) is 11.4 Å². The molecule has 2 aromatic rings. The number of carbonyl (C=O) groups excluding carboxylic acids is 1. The van der Waals surface area contributed by atoms with Gasteiger partial charge in [0, 0.05) is 44.3 Å². The molecule has 1 aromatic heterocycles. The van der Waals surface area contributed by atoms with Gasteiger partial charge in [0.05, 0.1) is 13.2 Å². The largest absolute Gasteiger partial charge is 0.352 e. The Kier molecular flexibility index (Phi) is 5.89. The summed E-state index contributed by atoms with van der Waals surface area (Å²) < 4.78 is 4.77. The summed E-state index contributed by atoms with van der Waals surface area (Å²) in [5.74, 6) is 1.08. The van der Waals surface area contributed by atoms with Crippen molar-refractivity contribution in [1.29, 1.82) is 0 Å². The molecule has 1 amide bonds. The molecule has 1 aliphatic carbocycles. The van der Waals surface area contributed by atoms with Crippen LogP contribution >= 0.6 is 12.2 Å². The third-order valence-corrected chi connectivity index (χ3v) is 5.81. The zero-order valence-electron chi connectivity index (χ0n) is 16.4. The molecular weight excluding hydrogens is 372 g/mol. The zero-order valence-corrected chi connectivity index (χ0v) is 17.2. The first-order valence-corrected chi connectivity index (χ1v) is 10.5. The Morgan fingerprint density at radius 1 is 1.14 bits per heavy atom. The van der Waals surface area contributed by atoms with Crippen LogP contribution in [0.4, 0.5) is 0 Å².